The number of carbonyl (C=O) groups is 2. The number of imide groups is 1. The van der Waals surface area contributed by atoms with Gasteiger partial charge in [-0.05, 0) is 36.2 Å². The zero-order valence-corrected chi connectivity index (χ0v) is 10.9. The molecule has 0 radical (unpaired) electrons. The SMILES string of the molecule is Nc1ccc(CCN2C(=O)c3ccccc3C2=O)cc1. The van der Waals surface area contributed by atoms with E-state index in [9.17, 15) is 9.59 Å². The molecular weight excluding hydrogens is 252 g/mol. The van der Waals surface area contributed by atoms with E-state index in [1.165, 1.54) is 4.90 Å². The Labute approximate surface area is 116 Å². The van der Waals surface area contributed by atoms with Gasteiger partial charge in [-0.3, -0.25) is 14.5 Å². The third-order valence-corrected chi connectivity index (χ3v) is 3.48. The van der Waals surface area contributed by atoms with Crippen molar-refractivity contribution in [1.29, 1.82) is 0 Å². The molecule has 1 heterocycles. The first-order valence-electron chi connectivity index (χ1n) is 6.46. The van der Waals surface area contributed by atoms with Crippen LogP contribution in [0.3, 0.4) is 0 Å². The van der Waals surface area contributed by atoms with E-state index in [-0.39, 0.29) is 11.8 Å². The van der Waals surface area contributed by atoms with Gasteiger partial charge in [0.1, 0.15) is 0 Å². The van der Waals surface area contributed by atoms with Crippen molar-refractivity contribution in [3.8, 4) is 0 Å². The summed E-state index contributed by atoms with van der Waals surface area (Å²) in [4.78, 5) is 25.6. The van der Waals surface area contributed by atoms with Crippen molar-refractivity contribution in [2.45, 2.75) is 6.42 Å². The van der Waals surface area contributed by atoms with Crippen LogP contribution >= 0.6 is 0 Å². The van der Waals surface area contributed by atoms with Gasteiger partial charge in [-0.1, -0.05) is 24.3 Å². The fourth-order valence-corrected chi connectivity index (χ4v) is 2.37. The molecule has 2 aromatic rings. The molecule has 0 fully saturated rings. The molecular formula is C16H14N2O2. The average Bonchev–Trinajstić information content (AvgIpc) is 2.71. The van der Waals surface area contributed by atoms with Crippen molar-refractivity contribution in [3.05, 3.63) is 65.2 Å². The summed E-state index contributed by atoms with van der Waals surface area (Å²) < 4.78 is 0. The molecule has 0 saturated heterocycles. The Kier molecular flexibility index (Phi) is 2.99. The third kappa shape index (κ3) is 2.05. The van der Waals surface area contributed by atoms with Crippen LogP contribution < -0.4 is 5.73 Å². The van der Waals surface area contributed by atoms with Crippen molar-refractivity contribution in [2.75, 3.05) is 12.3 Å². The van der Waals surface area contributed by atoms with E-state index in [4.69, 9.17) is 5.73 Å². The number of hydrogen-bond acceptors (Lipinski definition) is 3. The first kappa shape index (κ1) is 12.4. The Morgan fingerprint density at radius 2 is 1.40 bits per heavy atom. The zero-order valence-electron chi connectivity index (χ0n) is 10.9. The van der Waals surface area contributed by atoms with Crippen LogP contribution in [0.2, 0.25) is 0 Å². The Morgan fingerprint density at radius 3 is 1.95 bits per heavy atom. The van der Waals surface area contributed by atoms with Crippen LogP contribution in [0, 0.1) is 0 Å². The predicted octanol–water partition coefficient (Wildman–Crippen LogP) is 2.11. The second-order valence-corrected chi connectivity index (χ2v) is 4.80. The van der Waals surface area contributed by atoms with Crippen LogP contribution in [0.5, 0.6) is 0 Å². The summed E-state index contributed by atoms with van der Waals surface area (Å²) in [6, 6.07) is 14.4. The Bertz CT molecular complexity index is 642. The summed E-state index contributed by atoms with van der Waals surface area (Å²) in [7, 11) is 0. The number of nitrogen functional groups attached to an aromatic ring is 1. The van der Waals surface area contributed by atoms with E-state index in [1.54, 1.807) is 24.3 Å². The van der Waals surface area contributed by atoms with Gasteiger partial charge in [0.15, 0.2) is 0 Å². The highest BCUT2D eigenvalue weighted by molar-refractivity contribution is 6.21. The lowest BCUT2D eigenvalue weighted by molar-refractivity contribution is 0.0656. The van der Waals surface area contributed by atoms with Crippen LogP contribution in [0.15, 0.2) is 48.5 Å². The Hall–Kier alpha value is -2.62. The number of fused-ring (bicyclic) bond motifs is 1. The van der Waals surface area contributed by atoms with Gasteiger partial charge in [-0.25, -0.2) is 0 Å². The standard InChI is InChI=1S/C16H14N2O2/c17-12-7-5-11(6-8-12)9-10-18-15(19)13-3-1-2-4-14(13)16(18)20/h1-8H,9-10,17H2. The van der Waals surface area contributed by atoms with Crippen molar-refractivity contribution >= 4 is 17.5 Å². The molecule has 0 unspecified atom stereocenters. The maximum absolute atomic E-state index is 12.2. The molecule has 1 aliphatic rings. The molecule has 0 spiro atoms. The summed E-state index contributed by atoms with van der Waals surface area (Å²) in [6.45, 7) is 0.385. The molecule has 1 aliphatic heterocycles. The lowest BCUT2D eigenvalue weighted by Crippen LogP contribution is -2.31. The van der Waals surface area contributed by atoms with Crippen LogP contribution in [0.1, 0.15) is 26.3 Å². The summed E-state index contributed by atoms with van der Waals surface area (Å²) in [5.41, 5.74) is 8.37. The van der Waals surface area contributed by atoms with Gasteiger partial charge in [0.05, 0.1) is 11.1 Å². The monoisotopic (exact) mass is 266 g/mol. The number of rotatable bonds is 3. The van der Waals surface area contributed by atoms with Crippen LogP contribution in [0.25, 0.3) is 0 Å². The summed E-state index contributed by atoms with van der Waals surface area (Å²) in [5, 5.41) is 0. The van der Waals surface area contributed by atoms with Crippen molar-refractivity contribution in [2.24, 2.45) is 0 Å². The minimum absolute atomic E-state index is 0.207. The number of nitrogens with two attached hydrogens (primary N) is 1. The number of nitrogens with zero attached hydrogens (tertiary/aromatic N) is 1. The molecule has 4 nitrogen and oxygen atoms in total. The molecule has 0 aromatic heterocycles. The molecule has 3 rings (SSSR count). The molecule has 0 atom stereocenters. The van der Waals surface area contributed by atoms with E-state index < -0.39 is 0 Å². The Morgan fingerprint density at radius 1 is 0.850 bits per heavy atom. The van der Waals surface area contributed by atoms with Crippen molar-refractivity contribution < 1.29 is 9.59 Å². The average molecular weight is 266 g/mol. The highest BCUT2D eigenvalue weighted by atomic mass is 16.2. The van der Waals surface area contributed by atoms with E-state index in [0.29, 0.717) is 29.8 Å². The normalized spacial score (nSPS) is 13.7. The van der Waals surface area contributed by atoms with Gasteiger partial charge >= 0.3 is 0 Å². The number of carbonyl (C=O) groups excluding carboxylic acids is 2. The fraction of sp³-hybridized carbons (Fsp3) is 0.125. The van der Waals surface area contributed by atoms with Gasteiger partial charge in [0.25, 0.3) is 11.8 Å². The number of amides is 2. The van der Waals surface area contributed by atoms with Gasteiger partial charge in [0, 0.05) is 12.2 Å². The van der Waals surface area contributed by atoms with E-state index in [0.717, 1.165) is 5.56 Å². The lowest BCUT2D eigenvalue weighted by atomic mass is 10.1. The van der Waals surface area contributed by atoms with Crippen LogP contribution in [0.4, 0.5) is 5.69 Å². The smallest absolute Gasteiger partial charge is 0.261 e. The molecule has 100 valence electrons. The zero-order chi connectivity index (χ0) is 14.1. The van der Waals surface area contributed by atoms with Gasteiger partial charge in [-0.2, -0.15) is 0 Å². The van der Waals surface area contributed by atoms with Gasteiger partial charge in [0.2, 0.25) is 0 Å². The molecule has 0 saturated carbocycles. The van der Waals surface area contributed by atoms with Crippen LogP contribution in [-0.2, 0) is 6.42 Å². The fourth-order valence-electron chi connectivity index (χ4n) is 2.37. The van der Waals surface area contributed by atoms with Crippen molar-refractivity contribution in [1.82, 2.24) is 4.90 Å². The predicted molar refractivity (Wildman–Crippen MR) is 76.4 cm³/mol. The molecule has 2 N–H and O–H groups in total. The summed E-state index contributed by atoms with van der Waals surface area (Å²) >= 11 is 0. The highest BCUT2D eigenvalue weighted by Gasteiger charge is 2.34. The minimum atomic E-state index is -0.207. The van der Waals surface area contributed by atoms with Crippen molar-refractivity contribution in [3.63, 3.8) is 0 Å². The third-order valence-electron chi connectivity index (χ3n) is 3.48. The van der Waals surface area contributed by atoms with Gasteiger partial charge in [-0.15, -0.1) is 0 Å². The summed E-state index contributed by atoms with van der Waals surface area (Å²) in [5.74, 6) is -0.415. The minimum Gasteiger partial charge on any atom is -0.399 e. The first-order chi connectivity index (χ1) is 9.66. The lowest BCUT2D eigenvalue weighted by Gasteiger charge is -2.13. The quantitative estimate of drug-likeness (QED) is 0.683. The first-order valence-corrected chi connectivity index (χ1v) is 6.46. The molecule has 20 heavy (non-hydrogen) atoms. The molecule has 4 heteroatoms. The number of hydrogen-bond donors (Lipinski definition) is 1. The largest absolute Gasteiger partial charge is 0.399 e. The van der Waals surface area contributed by atoms with Crippen LogP contribution in [-0.4, -0.2) is 23.3 Å². The number of anilines is 1. The second-order valence-electron chi connectivity index (χ2n) is 4.80. The molecule has 0 bridgehead atoms. The second kappa shape index (κ2) is 4.81. The van der Waals surface area contributed by atoms with E-state index in [2.05, 4.69) is 0 Å². The maximum atomic E-state index is 12.2. The highest BCUT2D eigenvalue weighted by Crippen LogP contribution is 2.22. The molecule has 2 aromatic carbocycles. The van der Waals surface area contributed by atoms with Gasteiger partial charge < -0.3 is 5.73 Å². The van der Waals surface area contributed by atoms with E-state index in [1.807, 2.05) is 24.3 Å². The summed E-state index contributed by atoms with van der Waals surface area (Å²) in [6.07, 6.45) is 0.631. The topological polar surface area (TPSA) is 63.4 Å². The molecule has 2 amide bonds. The maximum Gasteiger partial charge on any atom is 0.261 e. The van der Waals surface area contributed by atoms with E-state index >= 15 is 0 Å². The molecule has 0 aliphatic carbocycles. The Balaban J connectivity index is 1.75. The number of benzene rings is 2.